The second-order valence-electron chi connectivity index (χ2n) is 5.94. The maximum Gasteiger partial charge on any atom is 0.434 e. The van der Waals surface area contributed by atoms with Crippen molar-refractivity contribution in [3.8, 4) is 11.1 Å². The molecule has 0 radical (unpaired) electrons. The van der Waals surface area contributed by atoms with Crippen LogP contribution in [0.25, 0.3) is 21.9 Å². The zero-order chi connectivity index (χ0) is 20.5. The van der Waals surface area contributed by atoms with E-state index in [0.717, 1.165) is 24.8 Å². The van der Waals surface area contributed by atoms with E-state index in [2.05, 4.69) is 20.3 Å². The Balaban J connectivity index is 2.25. The van der Waals surface area contributed by atoms with Gasteiger partial charge in [0.1, 0.15) is 12.1 Å². The van der Waals surface area contributed by atoms with Gasteiger partial charge in [0.15, 0.2) is 11.4 Å². The number of nitrogens with one attached hydrogen (secondary N) is 1. The van der Waals surface area contributed by atoms with Gasteiger partial charge in [0, 0.05) is 40.8 Å². The molecule has 0 aliphatic heterocycles. The van der Waals surface area contributed by atoms with E-state index in [-0.39, 0.29) is 27.7 Å². The first-order chi connectivity index (χ1) is 13.3. The average molecular weight is 393 g/mol. The maximum absolute atomic E-state index is 14.6. The molecule has 3 aromatic rings. The van der Waals surface area contributed by atoms with Gasteiger partial charge in [0.25, 0.3) is 5.91 Å². The monoisotopic (exact) mass is 393 g/mol. The largest absolute Gasteiger partial charge is 0.434 e. The van der Waals surface area contributed by atoms with Crippen LogP contribution in [0.15, 0.2) is 30.9 Å². The fourth-order valence-corrected chi connectivity index (χ4v) is 2.80. The third kappa shape index (κ3) is 3.45. The van der Waals surface area contributed by atoms with Crippen LogP contribution < -0.4 is 11.1 Å². The van der Waals surface area contributed by atoms with Gasteiger partial charge in [-0.3, -0.25) is 4.79 Å². The summed E-state index contributed by atoms with van der Waals surface area (Å²) in [5.74, 6) is -1.44. The summed E-state index contributed by atoms with van der Waals surface area (Å²) < 4.78 is 54.5. The molecule has 3 rings (SSSR count). The zero-order valence-corrected chi connectivity index (χ0v) is 14.6. The molecule has 0 aliphatic carbocycles. The molecular weight excluding hydrogens is 378 g/mol. The second-order valence-corrected chi connectivity index (χ2v) is 5.94. The predicted molar refractivity (Wildman–Crippen MR) is 94.8 cm³/mol. The number of hydrogen-bond acceptors (Lipinski definition) is 5. The molecule has 1 aromatic carbocycles. The maximum atomic E-state index is 14.6. The van der Waals surface area contributed by atoms with Gasteiger partial charge in [0.05, 0.1) is 5.69 Å². The van der Waals surface area contributed by atoms with Crippen molar-refractivity contribution in [3.05, 3.63) is 48.1 Å². The topological polar surface area (TPSA) is 93.8 Å². The molecule has 2 heterocycles. The Morgan fingerprint density at radius 3 is 2.61 bits per heavy atom. The highest BCUT2D eigenvalue weighted by Crippen LogP contribution is 2.40. The number of alkyl halides is 3. The molecule has 146 valence electrons. The fourth-order valence-electron chi connectivity index (χ4n) is 2.80. The lowest BCUT2D eigenvalue weighted by Crippen LogP contribution is -2.26. The number of nitrogens with zero attached hydrogens (tertiary/aromatic N) is 3. The van der Waals surface area contributed by atoms with E-state index in [1.807, 2.05) is 6.92 Å². The van der Waals surface area contributed by atoms with Gasteiger partial charge in [-0.2, -0.15) is 13.2 Å². The van der Waals surface area contributed by atoms with Gasteiger partial charge in [-0.15, -0.1) is 0 Å². The van der Waals surface area contributed by atoms with Crippen LogP contribution in [0.4, 0.5) is 23.2 Å². The number of carbonyl (C=O) groups excluding carboxylic acids is 1. The van der Waals surface area contributed by atoms with Gasteiger partial charge < -0.3 is 11.1 Å². The van der Waals surface area contributed by atoms with E-state index < -0.39 is 29.2 Å². The van der Waals surface area contributed by atoms with Crippen LogP contribution in [-0.4, -0.2) is 27.4 Å². The molecule has 0 unspecified atom stereocenters. The number of benzene rings is 1. The Bertz CT molecular complexity index is 1050. The highest BCUT2D eigenvalue weighted by molar-refractivity contribution is 6.09. The van der Waals surface area contributed by atoms with Crippen LogP contribution in [0.5, 0.6) is 0 Å². The van der Waals surface area contributed by atoms with Crippen LogP contribution in [0.3, 0.4) is 0 Å². The molecule has 0 spiro atoms. The molecule has 0 aliphatic rings. The highest BCUT2D eigenvalue weighted by atomic mass is 19.4. The molecular formula is C18H15F4N5O. The van der Waals surface area contributed by atoms with Crippen molar-refractivity contribution in [1.29, 1.82) is 0 Å². The molecule has 0 saturated heterocycles. The highest BCUT2D eigenvalue weighted by Gasteiger charge is 2.37. The summed E-state index contributed by atoms with van der Waals surface area (Å²) in [6, 6.07) is 2.27. The Hall–Kier alpha value is -3.30. The van der Waals surface area contributed by atoms with Crippen LogP contribution in [0.1, 0.15) is 29.5 Å². The Morgan fingerprint density at radius 1 is 1.18 bits per heavy atom. The van der Waals surface area contributed by atoms with Crippen LogP contribution >= 0.6 is 0 Å². The number of pyridine rings is 1. The number of amides is 1. The molecule has 1 amide bonds. The lowest BCUT2D eigenvalue weighted by Gasteiger charge is -2.15. The van der Waals surface area contributed by atoms with Gasteiger partial charge >= 0.3 is 6.18 Å². The number of rotatable bonds is 4. The minimum absolute atomic E-state index is 0.0184. The number of anilines is 1. The molecule has 3 N–H and O–H groups in total. The minimum Gasteiger partial charge on any atom is -0.396 e. The molecule has 0 fully saturated rings. The molecule has 28 heavy (non-hydrogen) atoms. The zero-order valence-electron chi connectivity index (χ0n) is 14.6. The Kier molecular flexibility index (Phi) is 5.12. The number of nitrogens with two attached hydrogens (primary N) is 1. The van der Waals surface area contributed by atoms with Crippen molar-refractivity contribution < 1.29 is 22.4 Å². The molecule has 0 atom stereocenters. The second kappa shape index (κ2) is 7.37. The summed E-state index contributed by atoms with van der Waals surface area (Å²) in [6.45, 7) is 2.27. The number of nitrogen functional groups attached to an aromatic ring is 1. The van der Waals surface area contributed by atoms with Crippen LogP contribution in [-0.2, 0) is 6.18 Å². The van der Waals surface area contributed by atoms with Crippen molar-refractivity contribution in [2.24, 2.45) is 0 Å². The summed E-state index contributed by atoms with van der Waals surface area (Å²) in [4.78, 5) is 23.0. The number of halogens is 4. The number of aromatic nitrogens is 3. The molecule has 0 bridgehead atoms. The first-order valence-electron chi connectivity index (χ1n) is 8.28. The van der Waals surface area contributed by atoms with Crippen LogP contribution in [0, 0.1) is 5.82 Å². The Labute approximate surface area is 156 Å². The molecule has 6 nitrogen and oxygen atoms in total. The first-order valence-corrected chi connectivity index (χ1v) is 8.28. The summed E-state index contributed by atoms with van der Waals surface area (Å²) >= 11 is 0. The smallest absolute Gasteiger partial charge is 0.396 e. The summed E-state index contributed by atoms with van der Waals surface area (Å²) in [6.07, 6.45) is -1.38. The van der Waals surface area contributed by atoms with Crippen molar-refractivity contribution in [3.63, 3.8) is 0 Å². The normalized spacial score (nSPS) is 11.6. The molecule has 10 heteroatoms. The van der Waals surface area contributed by atoms with Crippen molar-refractivity contribution in [1.82, 2.24) is 20.3 Å². The van der Waals surface area contributed by atoms with Crippen molar-refractivity contribution in [2.45, 2.75) is 19.5 Å². The van der Waals surface area contributed by atoms with E-state index in [1.54, 1.807) is 0 Å². The average Bonchev–Trinajstić information content (AvgIpc) is 2.65. The minimum atomic E-state index is -4.81. The van der Waals surface area contributed by atoms with Gasteiger partial charge in [0.2, 0.25) is 0 Å². The van der Waals surface area contributed by atoms with E-state index in [9.17, 15) is 22.4 Å². The number of hydrogen-bond donors (Lipinski definition) is 2. The Morgan fingerprint density at radius 2 is 1.93 bits per heavy atom. The number of carbonyl (C=O) groups is 1. The molecule has 2 aromatic heterocycles. The summed E-state index contributed by atoms with van der Waals surface area (Å²) in [5, 5.41) is 2.83. The standard InChI is InChI=1S/C18H15F4N5O/c1-2-5-25-17(28)15-14(23)9-3-4-12(19)13(10(9)7-26-15)11-6-24-8-27-16(11)18(20,21)22/h3-4,6-8H,2,5,23H2,1H3,(H,25,28). The third-order valence-corrected chi connectivity index (χ3v) is 4.06. The quantitative estimate of drug-likeness (QED) is 0.661. The third-order valence-electron chi connectivity index (χ3n) is 4.06. The van der Waals surface area contributed by atoms with Gasteiger partial charge in [-0.25, -0.2) is 19.3 Å². The van der Waals surface area contributed by atoms with E-state index in [0.29, 0.717) is 13.0 Å². The SMILES string of the molecule is CCCNC(=O)c1ncc2c(-c3cncnc3C(F)(F)F)c(F)ccc2c1N. The predicted octanol–water partition coefficient (Wildman–Crippen LogP) is 3.57. The number of fused-ring (bicyclic) bond motifs is 1. The summed E-state index contributed by atoms with van der Waals surface area (Å²) in [5.41, 5.74) is 3.67. The first kappa shape index (κ1) is 19.5. The summed E-state index contributed by atoms with van der Waals surface area (Å²) in [7, 11) is 0. The van der Waals surface area contributed by atoms with E-state index >= 15 is 0 Å². The lowest BCUT2D eigenvalue weighted by atomic mass is 9.97. The van der Waals surface area contributed by atoms with E-state index in [1.165, 1.54) is 6.07 Å². The van der Waals surface area contributed by atoms with Crippen molar-refractivity contribution in [2.75, 3.05) is 12.3 Å². The van der Waals surface area contributed by atoms with Gasteiger partial charge in [-0.05, 0) is 18.6 Å². The lowest BCUT2D eigenvalue weighted by molar-refractivity contribution is -0.140. The molecule has 0 saturated carbocycles. The van der Waals surface area contributed by atoms with Crippen LogP contribution in [0.2, 0.25) is 0 Å². The van der Waals surface area contributed by atoms with E-state index in [4.69, 9.17) is 5.73 Å². The van der Waals surface area contributed by atoms with Gasteiger partial charge in [-0.1, -0.05) is 6.92 Å². The van der Waals surface area contributed by atoms with Crippen molar-refractivity contribution >= 4 is 22.4 Å². The fraction of sp³-hybridized carbons (Fsp3) is 0.222.